The van der Waals surface area contributed by atoms with Crippen molar-refractivity contribution in [3.8, 4) is 5.69 Å². The summed E-state index contributed by atoms with van der Waals surface area (Å²) in [5, 5.41) is 20.4. The Morgan fingerprint density at radius 3 is 2.96 bits per heavy atom. The lowest BCUT2D eigenvalue weighted by Crippen LogP contribution is -2.27. The van der Waals surface area contributed by atoms with Gasteiger partial charge in [0.2, 0.25) is 5.91 Å². The summed E-state index contributed by atoms with van der Waals surface area (Å²) in [4.78, 5) is 12.2. The highest BCUT2D eigenvalue weighted by Gasteiger charge is 2.11. The summed E-state index contributed by atoms with van der Waals surface area (Å²) in [5.74, 6) is 0.962. The number of fused-ring (bicyclic) bond motifs is 1. The van der Waals surface area contributed by atoms with Crippen molar-refractivity contribution < 1.29 is 4.79 Å². The lowest BCUT2D eigenvalue weighted by atomic mass is 10.3. The van der Waals surface area contributed by atoms with E-state index in [9.17, 15) is 4.79 Å². The largest absolute Gasteiger partial charge is 0.355 e. The van der Waals surface area contributed by atoms with Crippen LogP contribution >= 0.6 is 23.4 Å². The highest BCUT2D eigenvalue weighted by Crippen LogP contribution is 2.21. The molecule has 28 heavy (non-hydrogen) atoms. The first-order valence-corrected chi connectivity index (χ1v) is 9.91. The Kier molecular flexibility index (Phi) is 5.54. The Labute approximate surface area is 169 Å². The van der Waals surface area contributed by atoms with Gasteiger partial charge in [-0.1, -0.05) is 35.5 Å². The van der Waals surface area contributed by atoms with Crippen molar-refractivity contribution in [2.75, 3.05) is 12.3 Å². The second kappa shape index (κ2) is 8.41. The van der Waals surface area contributed by atoms with Crippen LogP contribution in [0.15, 0.2) is 60.1 Å². The molecule has 8 nitrogen and oxygen atoms in total. The van der Waals surface area contributed by atoms with Gasteiger partial charge in [-0.15, -0.1) is 20.4 Å². The van der Waals surface area contributed by atoms with Crippen LogP contribution in [0.4, 0.5) is 0 Å². The number of thioether (sulfide) groups is 1. The Balaban J connectivity index is 1.30. The number of benzene rings is 1. The number of nitrogens with one attached hydrogen (secondary N) is 1. The van der Waals surface area contributed by atoms with Crippen LogP contribution in [0.2, 0.25) is 5.02 Å². The first-order valence-electron chi connectivity index (χ1n) is 8.55. The van der Waals surface area contributed by atoms with Crippen molar-refractivity contribution >= 4 is 34.9 Å². The number of amides is 1. The van der Waals surface area contributed by atoms with Crippen LogP contribution in [0.25, 0.3) is 11.3 Å². The fourth-order valence-electron chi connectivity index (χ4n) is 2.68. The fourth-order valence-corrected chi connectivity index (χ4v) is 3.63. The maximum atomic E-state index is 12.2. The summed E-state index contributed by atoms with van der Waals surface area (Å²) in [6.07, 6.45) is 4.10. The van der Waals surface area contributed by atoms with E-state index in [0.717, 1.165) is 17.2 Å². The molecule has 4 aromatic rings. The van der Waals surface area contributed by atoms with Gasteiger partial charge in [-0.25, -0.2) is 0 Å². The lowest BCUT2D eigenvalue weighted by Gasteiger charge is -2.07. The SMILES string of the molecule is O=C(CSc1nncn1-c1cccc(Cl)c1)NCCc1nnc2ccccn12. The van der Waals surface area contributed by atoms with Crippen molar-refractivity contribution in [2.45, 2.75) is 11.6 Å². The Morgan fingerprint density at radius 2 is 2.07 bits per heavy atom. The van der Waals surface area contributed by atoms with Gasteiger partial charge in [-0.3, -0.25) is 13.8 Å². The zero-order valence-electron chi connectivity index (χ0n) is 14.7. The summed E-state index contributed by atoms with van der Waals surface area (Å²) in [6.45, 7) is 0.482. The van der Waals surface area contributed by atoms with Crippen molar-refractivity contribution in [3.05, 3.63) is 65.8 Å². The van der Waals surface area contributed by atoms with E-state index in [1.165, 1.54) is 11.8 Å². The number of hydrogen-bond acceptors (Lipinski definition) is 6. The summed E-state index contributed by atoms with van der Waals surface area (Å²) in [6, 6.07) is 13.1. The molecule has 3 aromatic heterocycles. The number of aromatic nitrogens is 6. The molecule has 1 amide bonds. The molecule has 0 unspecified atom stereocenters. The van der Waals surface area contributed by atoms with E-state index in [4.69, 9.17) is 11.6 Å². The number of nitrogens with zero attached hydrogens (tertiary/aromatic N) is 6. The monoisotopic (exact) mass is 413 g/mol. The summed E-state index contributed by atoms with van der Waals surface area (Å²) < 4.78 is 3.71. The van der Waals surface area contributed by atoms with Crippen LogP contribution in [0, 0.1) is 0 Å². The molecular formula is C18H16ClN7OS. The van der Waals surface area contributed by atoms with Gasteiger partial charge in [0.1, 0.15) is 12.2 Å². The average Bonchev–Trinajstić information content (AvgIpc) is 3.34. The molecule has 142 valence electrons. The molecule has 0 radical (unpaired) electrons. The Morgan fingerprint density at radius 1 is 1.14 bits per heavy atom. The van der Waals surface area contributed by atoms with Gasteiger partial charge in [0.05, 0.1) is 11.4 Å². The van der Waals surface area contributed by atoms with E-state index in [2.05, 4.69) is 25.7 Å². The van der Waals surface area contributed by atoms with E-state index < -0.39 is 0 Å². The van der Waals surface area contributed by atoms with Crippen LogP contribution in [-0.4, -0.2) is 47.6 Å². The van der Waals surface area contributed by atoms with E-state index in [-0.39, 0.29) is 11.7 Å². The number of carbonyl (C=O) groups excluding carboxylic acids is 1. The smallest absolute Gasteiger partial charge is 0.230 e. The zero-order valence-corrected chi connectivity index (χ0v) is 16.3. The van der Waals surface area contributed by atoms with Gasteiger partial charge in [-0.2, -0.15) is 0 Å². The number of rotatable bonds is 7. The predicted molar refractivity (Wildman–Crippen MR) is 107 cm³/mol. The van der Waals surface area contributed by atoms with Crippen LogP contribution in [0.5, 0.6) is 0 Å². The molecule has 0 fully saturated rings. The molecule has 0 bridgehead atoms. The van der Waals surface area contributed by atoms with Gasteiger partial charge >= 0.3 is 0 Å². The minimum atomic E-state index is -0.0838. The number of halogens is 1. The van der Waals surface area contributed by atoms with Crippen LogP contribution in [0.1, 0.15) is 5.82 Å². The maximum absolute atomic E-state index is 12.2. The van der Waals surface area contributed by atoms with Crippen LogP contribution in [-0.2, 0) is 11.2 Å². The van der Waals surface area contributed by atoms with Gasteiger partial charge < -0.3 is 5.32 Å². The maximum Gasteiger partial charge on any atom is 0.230 e. The second-order valence-electron chi connectivity index (χ2n) is 5.90. The number of hydrogen-bond donors (Lipinski definition) is 1. The number of pyridine rings is 1. The fraction of sp³-hybridized carbons (Fsp3) is 0.167. The van der Waals surface area contributed by atoms with E-state index >= 15 is 0 Å². The topological polar surface area (TPSA) is 90.0 Å². The van der Waals surface area contributed by atoms with Crippen LogP contribution < -0.4 is 5.32 Å². The van der Waals surface area contributed by atoms with Crippen molar-refractivity contribution in [3.63, 3.8) is 0 Å². The molecule has 4 rings (SSSR count). The van der Waals surface area contributed by atoms with Crippen molar-refractivity contribution in [1.82, 2.24) is 34.7 Å². The van der Waals surface area contributed by atoms with Gasteiger partial charge in [-0.05, 0) is 30.3 Å². The lowest BCUT2D eigenvalue weighted by molar-refractivity contribution is -0.118. The molecule has 0 aliphatic rings. The Bertz CT molecular complexity index is 1110. The van der Waals surface area contributed by atoms with E-state index in [1.54, 1.807) is 17.0 Å². The zero-order chi connectivity index (χ0) is 19.3. The number of carbonyl (C=O) groups is 1. The minimum absolute atomic E-state index is 0.0838. The molecule has 0 aliphatic carbocycles. The molecule has 0 atom stereocenters. The van der Waals surface area contributed by atoms with Crippen molar-refractivity contribution in [2.24, 2.45) is 0 Å². The van der Waals surface area contributed by atoms with E-state index in [0.29, 0.717) is 23.1 Å². The highest BCUT2D eigenvalue weighted by molar-refractivity contribution is 7.99. The summed E-state index contributed by atoms with van der Waals surface area (Å²) in [7, 11) is 0. The third kappa shape index (κ3) is 4.15. The predicted octanol–water partition coefficient (Wildman–Crippen LogP) is 2.41. The van der Waals surface area contributed by atoms with Crippen LogP contribution in [0.3, 0.4) is 0 Å². The molecular weight excluding hydrogens is 398 g/mol. The van der Waals surface area contributed by atoms with Gasteiger partial charge in [0.25, 0.3) is 0 Å². The first kappa shape index (κ1) is 18.5. The molecule has 1 aromatic carbocycles. The average molecular weight is 414 g/mol. The molecule has 3 heterocycles. The third-order valence-corrected chi connectivity index (χ3v) is 5.17. The normalized spacial score (nSPS) is 11.0. The van der Waals surface area contributed by atoms with Crippen molar-refractivity contribution in [1.29, 1.82) is 0 Å². The standard InChI is InChI=1S/C18H16ClN7OS/c19-13-4-3-5-14(10-13)26-12-21-24-18(26)28-11-17(27)20-8-7-16-23-22-15-6-1-2-9-25(15)16/h1-6,9-10,12H,7-8,11H2,(H,20,27). The summed E-state index contributed by atoms with van der Waals surface area (Å²) in [5.41, 5.74) is 1.64. The quantitative estimate of drug-likeness (QED) is 0.468. The second-order valence-corrected chi connectivity index (χ2v) is 7.28. The minimum Gasteiger partial charge on any atom is -0.355 e. The third-order valence-electron chi connectivity index (χ3n) is 3.99. The van der Waals surface area contributed by atoms with Gasteiger partial charge in [0.15, 0.2) is 10.8 Å². The molecule has 0 spiro atoms. The Hall–Kier alpha value is -2.91. The molecule has 0 aliphatic heterocycles. The molecule has 10 heteroatoms. The van der Waals surface area contributed by atoms with Gasteiger partial charge in [0, 0.05) is 24.2 Å². The first-order chi connectivity index (χ1) is 13.7. The van der Waals surface area contributed by atoms with E-state index in [1.807, 2.05) is 47.0 Å². The summed E-state index contributed by atoms with van der Waals surface area (Å²) >= 11 is 7.36. The molecule has 1 N–H and O–H groups in total. The highest BCUT2D eigenvalue weighted by atomic mass is 35.5. The molecule has 0 saturated heterocycles. The molecule has 0 saturated carbocycles.